The van der Waals surface area contributed by atoms with E-state index in [0.29, 0.717) is 19.0 Å². The summed E-state index contributed by atoms with van der Waals surface area (Å²) in [6.07, 6.45) is 3.39. The quantitative estimate of drug-likeness (QED) is 0.580. The van der Waals surface area contributed by atoms with Crippen molar-refractivity contribution < 1.29 is 19.1 Å². The van der Waals surface area contributed by atoms with Gasteiger partial charge >= 0.3 is 5.97 Å². The minimum atomic E-state index is -0.614. The molecule has 3 aliphatic rings. The van der Waals surface area contributed by atoms with Crippen LogP contribution in [-0.2, 0) is 19.1 Å². The van der Waals surface area contributed by atoms with E-state index in [9.17, 15) is 9.59 Å². The number of hydrogen-bond donors (Lipinski definition) is 0. The predicted molar refractivity (Wildman–Crippen MR) is 76.4 cm³/mol. The van der Waals surface area contributed by atoms with Gasteiger partial charge in [-0.2, -0.15) is 0 Å². The molecule has 0 saturated carbocycles. The molecule has 0 aromatic carbocycles. The highest BCUT2D eigenvalue weighted by molar-refractivity contribution is 5.91. The van der Waals surface area contributed by atoms with Crippen molar-refractivity contribution in [3.63, 3.8) is 0 Å². The van der Waals surface area contributed by atoms with Gasteiger partial charge in [-0.15, -0.1) is 0 Å². The van der Waals surface area contributed by atoms with Gasteiger partial charge in [-0.25, -0.2) is 0 Å². The molecule has 3 rings (SSSR count). The molecule has 0 N–H and O–H groups in total. The summed E-state index contributed by atoms with van der Waals surface area (Å²) >= 11 is 0. The molecule has 0 aromatic heterocycles. The highest BCUT2D eigenvalue weighted by Crippen LogP contribution is 2.52. The van der Waals surface area contributed by atoms with Crippen LogP contribution in [0.5, 0.6) is 0 Å². The van der Waals surface area contributed by atoms with Crippen LogP contribution in [0.3, 0.4) is 0 Å². The lowest BCUT2D eigenvalue weighted by molar-refractivity contribution is -0.157. The average Bonchev–Trinajstić information content (AvgIpc) is 2.97. The molecule has 116 valence electrons. The van der Waals surface area contributed by atoms with Crippen LogP contribution in [-0.4, -0.2) is 47.7 Å². The summed E-state index contributed by atoms with van der Waals surface area (Å²) in [6.45, 7) is 9.05. The fourth-order valence-electron chi connectivity index (χ4n) is 3.75. The van der Waals surface area contributed by atoms with E-state index in [1.54, 1.807) is 0 Å². The maximum atomic E-state index is 12.7. The van der Waals surface area contributed by atoms with Crippen molar-refractivity contribution in [2.24, 2.45) is 17.8 Å². The van der Waals surface area contributed by atoms with Crippen LogP contribution in [0.25, 0.3) is 0 Å². The fraction of sp³-hybridized carbons (Fsp3) is 0.750. The second kappa shape index (κ2) is 4.83. The standard InChI is InChI=1S/C16H23NO4/c1-9(2)7-17-8-16-6-5-11(21-16)12(13(16)14(17)18)15(19)20-10(3)4/h5-6,9-13H,7-8H2,1-4H3/t11-,12-,13-,16+/m1/s1. The first-order chi connectivity index (χ1) is 9.84. The van der Waals surface area contributed by atoms with Crippen molar-refractivity contribution in [2.45, 2.75) is 45.5 Å². The van der Waals surface area contributed by atoms with Crippen molar-refractivity contribution in [1.82, 2.24) is 4.90 Å². The summed E-state index contributed by atoms with van der Waals surface area (Å²) in [7, 11) is 0. The minimum Gasteiger partial charge on any atom is -0.463 e. The van der Waals surface area contributed by atoms with Gasteiger partial charge in [0, 0.05) is 6.54 Å². The van der Waals surface area contributed by atoms with Crippen LogP contribution in [0.15, 0.2) is 12.2 Å². The monoisotopic (exact) mass is 293 g/mol. The third-order valence-corrected chi connectivity index (χ3v) is 4.39. The van der Waals surface area contributed by atoms with E-state index < -0.39 is 17.4 Å². The Hall–Kier alpha value is -1.36. The Balaban J connectivity index is 1.85. The molecule has 0 aromatic rings. The molecule has 2 fully saturated rings. The molecule has 0 aliphatic carbocycles. The number of likely N-dealkylation sites (tertiary alicyclic amines) is 1. The first kappa shape index (κ1) is 14.6. The number of fused-ring (bicyclic) bond motifs is 1. The zero-order chi connectivity index (χ0) is 15.4. The Morgan fingerprint density at radius 1 is 1.48 bits per heavy atom. The zero-order valence-corrected chi connectivity index (χ0v) is 13.0. The molecule has 5 nitrogen and oxygen atoms in total. The lowest BCUT2D eigenvalue weighted by Gasteiger charge is -2.23. The number of carbonyl (C=O) groups is 2. The number of rotatable bonds is 4. The van der Waals surface area contributed by atoms with Gasteiger partial charge in [-0.1, -0.05) is 26.0 Å². The van der Waals surface area contributed by atoms with Crippen LogP contribution in [0.2, 0.25) is 0 Å². The molecule has 0 unspecified atom stereocenters. The summed E-state index contributed by atoms with van der Waals surface area (Å²) in [5.74, 6) is -0.807. The number of carbonyl (C=O) groups excluding carboxylic acids is 2. The molecule has 21 heavy (non-hydrogen) atoms. The minimum absolute atomic E-state index is 0.0289. The first-order valence-electron chi connectivity index (χ1n) is 7.70. The summed E-state index contributed by atoms with van der Waals surface area (Å²) in [5, 5.41) is 0. The molecule has 3 aliphatic heterocycles. The third kappa shape index (κ3) is 2.18. The van der Waals surface area contributed by atoms with Crippen LogP contribution in [0.1, 0.15) is 27.7 Å². The van der Waals surface area contributed by atoms with E-state index >= 15 is 0 Å². The average molecular weight is 293 g/mol. The van der Waals surface area contributed by atoms with Gasteiger partial charge in [0.05, 0.1) is 24.7 Å². The van der Waals surface area contributed by atoms with Crippen LogP contribution in [0, 0.1) is 17.8 Å². The number of ether oxygens (including phenoxy) is 2. The largest absolute Gasteiger partial charge is 0.463 e. The summed E-state index contributed by atoms with van der Waals surface area (Å²) < 4.78 is 11.3. The molecule has 4 atom stereocenters. The lowest BCUT2D eigenvalue weighted by Crippen LogP contribution is -2.40. The first-order valence-corrected chi connectivity index (χ1v) is 7.70. The summed E-state index contributed by atoms with van der Waals surface area (Å²) in [4.78, 5) is 26.9. The smallest absolute Gasteiger partial charge is 0.313 e. The van der Waals surface area contributed by atoms with Gasteiger partial charge in [0.1, 0.15) is 11.5 Å². The molecular formula is C16H23NO4. The second-order valence-electron chi connectivity index (χ2n) is 7.00. The molecule has 0 radical (unpaired) electrons. The Bertz CT molecular complexity index is 499. The summed E-state index contributed by atoms with van der Waals surface area (Å²) in [5.41, 5.74) is -0.614. The molecule has 2 saturated heterocycles. The fourth-order valence-corrected chi connectivity index (χ4v) is 3.75. The molecule has 1 spiro atoms. The van der Waals surface area contributed by atoms with Crippen LogP contribution >= 0.6 is 0 Å². The lowest BCUT2D eigenvalue weighted by atomic mass is 9.77. The molecular weight excluding hydrogens is 270 g/mol. The predicted octanol–water partition coefficient (Wildman–Crippen LogP) is 1.38. The third-order valence-electron chi connectivity index (χ3n) is 4.39. The van der Waals surface area contributed by atoms with E-state index in [1.165, 1.54) is 0 Å². The topological polar surface area (TPSA) is 55.8 Å². The van der Waals surface area contributed by atoms with Gasteiger partial charge in [0.15, 0.2) is 0 Å². The Morgan fingerprint density at radius 2 is 2.19 bits per heavy atom. The number of amides is 1. The van der Waals surface area contributed by atoms with Crippen LogP contribution < -0.4 is 0 Å². The molecule has 1 amide bonds. The normalized spacial score (nSPS) is 37.0. The summed E-state index contributed by atoms with van der Waals surface area (Å²) in [6, 6.07) is 0. The van der Waals surface area contributed by atoms with Crippen molar-refractivity contribution in [3.8, 4) is 0 Å². The van der Waals surface area contributed by atoms with E-state index in [0.717, 1.165) is 0 Å². The van der Waals surface area contributed by atoms with Gasteiger partial charge in [0.2, 0.25) is 5.91 Å². The van der Waals surface area contributed by atoms with Crippen molar-refractivity contribution in [3.05, 3.63) is 12.2 Å². The van der Waals surface area contributed by atoms with Gasteiger partial charge in [-0.3, -0.25) is 9.59 Å². The molecule has 5 heteroatoms. The maximum absolute atomic E-state index is 12.7. The Labute approximate surface area is 125 Å². The van der Waals surface area contributed by atoms with Crippen LogP contribution in [0.4, 0.5) is 0 Å². The highest BCUT2D eigenvalue weighted by atomic mass is 16.6. The van der Waals surface area contributed by atoms with Gasteiger partial charge in [0.25, 0.3) is 0 Å². The zero-order valence-electron chi connectivity index (χ0n) is 13.0. The number of nitrogens with zero attached hydrogens (tertiary/aromatic N) is 1. The van der Waals surface area contributed by atoms with E-state index in [-0.39, 0.29) is 24.1 Å². The molecule has 2 bridgehead atoms. The maximum Gasteiger partial charge on any atom is 0.313 e. The van der Waals surface area contributed by atoms with Crippen molar-refractivity contribution in [2.75, 3.05) is 13.1 Å². The second-order valence-corrected chi connectivity index (χ2v) is 7.00. The number of esters is 1. The van der Waals surface area contributed by atoms with Gasteiger partial charge < -0.3 is 14.4 Å². The Kier molecular flexibility index (Phi) is 3.35. The van der Waals surface area contributed by atoms with E-state index in [1.807, 2.05) is 30.9 Å². The Morgan fingerprint density at radius 3 is 2.81 bits per heavy atom. The molecule has 3 heterocycles. The van der Waals surface area contributed by atoms with Crippen molar-refractivity contribution >= 4 is 11.9 Å². The number of hydrogen-bond acceptors (Lipinski definition) is 4. The van der Waals surface area contributed by atoms with Crippen molar-refractivity contribution in [1.29, 1.82) is 0 Å². The van der Waals surface area contributed by atoms with Gasteiger partial charge in [-0.05, 0) is 19.8 Å². The van der Waals surface area contributed by atoms with E-state index in [2.05, 4.69) is 13.8 Å². The SMILES string of the molecule is CC(C)CN1C[C@]23C=C[C@@H](O2)[C@@H](C(=O)OC(C)C)[C@@H]3C1=O. The highest BCUT2D eigenvalue weighted by Gasteiger charge is 2.67. The van der Waals surface area contributed by atoms with E-state index in [4.69, 9.17) is 9.47 Å².